The molecule has 2 rings (SSSR count). The second-order valence-electron chi connectivity index (χ2n) is 6.86. The minimum atomic E-state index is -0.140. The smallest absolute Gasteiger partial charge is 0.125 e. The van der Waals surface area contributed by atoms with Crippen molar-refractivity contribution in [3.63, 3.8) is 0 Å². The van der Waals surface area contributed by atoms with E-state index in [0.717, 1.165) is 37.4 Å². The van der Waals surface area contributed by atoms with E-state index in [9.17, 15) is 0 Å². The van der Waals surface area contributed by atoms with Crippen molar-refractivity contribution in [3.8, 4) is 11.5 Å². The van der Waals surface area contributed by atoms with Crippen LogP contribution in [0.25, 0.3) is 0 Å². The molecule has 1 aromatic carbocycles. The molecule has 0 bridgehead atoms. The van der Waals surface area contributed by atoms with Crippen molar-refractivity contribution in [2.24, 2.45) is 0 Å². The summed E-state index contributed by atoms with van der Waals surface area (Å²) in [6.45, 7) is 9.12. The van der Waals surface area contributed by atoms with Crippen molar-refractivity contribution < 1.29 is 9.47 Å². The van der Waals surface area contributed by atoms with Gasteiger partial charge in [0.05, 0.1) is 6.61 Å². The molecule has 0 saturated carbocycles. The SMILES string of the molecule is CCOc1ccc2c(c1)C(NCCCN(C)C)CC(C)(C)O2. The first-order valence-corrected chi connectivity index (χ1v) is 8.25. The van der Waals surface area contributed by atoms with Gasteiger partial charge in [0.25, 0.3) is 0 Å². The summed E-state index contributed by atoms with van der Waals surface area (Å²) in [5.41, 5.74) is 1.08. The zero-order valence-corrected chi connectivity index (χ0v) is 14.6. The van der Waals surface area contributed by atoms with Crippen molar-refractivity contribution in [3.05, 3.63) is 23.8 Å². The molecule has 0 saturated heterocycles. The van der Waals surface area contributed by atoms with E-state index in [1.807, 2.05) is 19.1 Å². The van der Waals surface area contributed by atoms with Crippen molar-refractivity contribution in [2.45, 2.75) is 45.3 Å². The van der Waals surface area contributed by atoms with Crippen LogP contribution in [0.15, 0.2) is 18.2 Å². The molecule has 0 amide bonds. The zero-order valence-electron chi connectivity index (χ0n) is 14.6. The molecule has 1 heterocycles. The summed E-state index contributed by atoms with van der Waals surface area (Å²) in [7, 11) is 4.22. The first-order valence-electron chi connectivity index (χ1n) is 8.25. The van der Waals surface area contributed by atoms with E-state index < -0.39 is 0 Å². The molecule has 1 atom stereocenters. The molecule has 1 aliphatic heterocycles. The molecule has 0 aliphatic carbocycles. The van der Waals surface area contributed by atoms with E-state index in [1.54, 1.807) is 0 Å². The lowest BCUT2D eigenvalue weighted by Crippen LogP contribution is -2.40. The fourth-order valence-corrected chi connectivity index (χ4v) is 2.94. The Hall–Kier alpha value is -1.26. The van der Waals surface area contributed by atoms with Crippen LogP contribution in [-0.4, -0.2) is 44.3 Å². The summed E-state index contributed by atoms with van der Waals surface area (Å²) < 4.78 is 11.8. The number of fused-ring (bicyclic) bond motifs is 1. The number of nitrogens with zero attached hydrogens (tertiary/aromatic N) is 1. The molecular formula is C18H30N2O2. The van der Waals surface area contributed by atoms with Crippen LogP contribution in [0.1, 0.15) is 45.2 Å². The van der Waals surface area contributed by atoms with Crippen LogP contribution in [0.5, 0.6) is 11.5 Å². The molecule has 124 valence electrons. The van der Waals surface area contributed by atoms with Gasteiger partial charge in [0.2, 0.25) is 0 Å². The van der Waals surface area contributed by atoms with Gasteiger partial charge in [-0.25, -0.2) is 0 Å². The summed E-state index contributed by atoms with van der Waals surface area (Å²) in [5.74, 6) is 1.90. The third kappa shape index (κ3) is 4.62. The van der Waals surface area contributed by atoms with Crippen LogP contribution in [0.4, 0.5) is 0 Å². The Bertz CT molecular complexity index is 486. The monoisotopic (exact) mass is 306 g/mol. The Kier molecular flexibility index (Phi) is 5.70. The first-order chi connectivity index (χ1) is 10.4. The molecule has 1 aromatic rings. The molecule has 4 heteroatoms. The molecule has 0 aromatic heterocycles. The van der Waals surface area contributed by atoms with Crippen LogP contribution in [-0.2, 0) is 0 Å². The maximum Gasteiger partial charge on any atom is 0.125 e. The normalized spacial score (nSPS) is 19.6. The number of ether oxygens (including phenoxy) is 2. The maximum atomic E-state index is 6.12. The molecule has 1 N–H and O–H groups in total. The highest BCUT2D eigenvalue weighted by atomic mass is 16.5. The second kappa shape index (κ2) is 7.34. The van der Waals surface area contributed by atoms with Crippen LogP contribution in [0.3, 0.4) is 0 Å². The van der Waals surface area contributed by atoms with E-state index in [0.29, 0.717) is 12.6 Å². The van der Waals surface area contributed by atoms with Crippen LogP contribution in [0.2, 0.25) is 0 Å². The number of hydrogen-bond donors (Lipinski definition) is 1. The van der Waals surface area contributed by atoms with Crippen LogP contribution >= 0.6 is 0 Å². The Morgan fingerprint density at radius 3 is 2.82 bits per heavy atom. The zero-order chi connectivity index (χ0) is 16.2. The highest BCUT2D eigenvalue weighted by molar-refractivity contribution is 5.44. The van der Waals surface area contributed by atoms with Gasteiger partial charge in [-0.1, -0.05) is 0 Å². The summed E-state index contributed by atoms with van der Waals surface area (Å²) >= 11 is 0. The van der Waals surface area contributed by atoms with E-state index in [-0.39, 0.29) is 5.60 Å². The quantitative estimate of drug-likeness (QED) is 0.784. The van der Waals surface area contributed by atoms with E-state index in [1.165, 1.54) is 5.56 Å². The van der Waals surface area contributed by atoms with E-state index >= 15 is 0 Å². The maximum absolute atomic E-state index is 6.12. The second-order valence-corrected chi connectivity index (χ2v) is 6.86. The van der Waals surface area contributed by atoms with Gasteiger partial charge < -0.3 is 19.7 Å². The highest BCUT2D eigenvalue weighted by Gasteiger charge is 2.33. The first kappa shape index (κ1) is 17.1. The predicted molar refractivity (Wildman–Crippen MR) is 90.8 cm³/mol. The molecule has 1 aliphatic rings. The fraction of sp³-hybridized carbons (Fsp3) is 0.667. The van der Waals surface area contributed by atoms with Gasteiger partial charge in [0.15, 0.2) is 0 Å². The van der Waals surface area contributed by atoms with Crippen molar-refractivity contribution >= 4 is 0 Å². The summed E-state index contributed by atoms with van der Waals surface area (Å²) in [6.07, 6.45) is 2.11. The average molecular weight is 306 g/mol. The number of hydrogen-bond acceptors (Lipinski definition) is 4. The van der Waals surface area contributed by atoms with Gasteiger partial charge in [0, 0.05) is 18.0 Å². The number of nitrogens with one attached hydrogen (secondary N) is 1. The van der Waals surface area contributed by atoms with E-state index in [2.05, 4.69) is 44.2 Å². The predicted octanol–water partition coefficient (Wildman–Crippen LogP) is 3.23. The summed E-state index contributed by atoms with van der Waals surface area (Å²) in [6, 6.07) is 6.47. The van der Waals surface area contributed by atoms with Gasteiger partial charge >= 0.3 is 0 Å². The molecule has 0 fully saturated rings. The highest BCUT2D eigenvalue weighted by Crippen LogP contribution is 2.41. The van der Waals surface area contributed by atoms with Gasteiger partial charge in [-0.15, -0.1) is 0 Å². The molecule has 0 spiro atoms. The number of rotatable bonds is 7. The summed E-state index contributed by atoms with van der Waals surface area (Å²) in [4.78, 5) is 2.22. The summed E-state index contributed by atoms with van der Waals surface area (Å²) in [5, 5.41) is 3.70. The lowest BCUT2D eigenvalue weighted by molar-refractivity contribution is 0.0657. The lowest BCUT2D eigenvalue weighted by atomic mass is 9.89. The molecule has 1 unspecified atom stereocenters. The van der Waals surface area contributed by atoms with Gasteiger partial charge in [-0.05, 0) is 72.6 Å². The van der Waals surface area contributed by atoms with Crippen molar-refractivity contribution in [1.82, 2.24) is 10.2 Å². The standard InChI is InChI=1S/C18H30N2O2/c1-6-21-14-8-9-17-15(12-14)16(13-18(2,3)22-17)19-10-7-11-20(4)5/h8-9,12,16,19H,6-7,10-11,13H2,1-5H3. The van der Waals surface area contributed by atoms with Crippen LogP contribution < -0.4 is 14.8 Å². The van der Waals surface area contributed by atoms with Gasteiger partial charge in [-0.3, -0.25) is 0 Å². The minimum Gasteiger partial charge on any atom is -0.494 e. The topological polar surface area (TPSA) is 33.7 Å². The minimum absolute atomic E-state index is 0.140. The number of benzene rings is 1. The fourth-order valence-electron chi connectivity index (χ4n) is 2.94. The van der Waals surface area contributed by atoms with Gasteiger partial charge in [-0.2, -0.15) is 0 Å². The Morgan fingerprint density at radius 1 is 1.36 bits per heavy atom. The Labute approximate surface area is 134 Å². The lowest BCUT2D eigenvalue weighted by Gasteiger charge is -2.38. The average Bonchev–Trinajstić information content (AvgIpc) is 2.43. The van der Waals surface area contributed by atoms with Crippen molar-refractivity contribution in [2.75, 3.05) is 33.8 Å². The Balaban J connectivity index is 2.10. The molecule has 0 radical (unpaired) electrons. The molecule has 4 nitrogen and oxygen atoms in total. The molecule has 22 heavy (non-hydrogen) atoms. The third-order valence-electron chi connectivity index (χ3n) is 3.92. The van der Waals surface area contributed by atoms with E-state index in [4.69, 9.17) is 9.47 Å². The molecular weight excluding hydrogens is 276 g/mol. The Morgan fingerprint density at radius 2 is 2.14 bits per heavy atom. The largest absolute Gasteiger partial charge is 0.494 e. The third-order valence-corrected chi connectivity index (χ3v) is 3.92. The van der Waals surface area contributed by atoms with Gasteiger partial charge in [0.1, 0.15) is 17.1 Å². The van der Waals surface area contributed by atoms with Crippen LogP contribution in [0, 0.1) is 0 Å². The van der Waals surface area contributed by atoms with Crippen molar-refractivity contribution in [1.29, 1.82) is 0 Å².